The quantitative estimate of drug-likeness (QED) is 0.523. The highest BCUT2D eigenvalue weighted by Gasteiger charge is 2.39. The number of aliphatic carboxylic acids is 2. The van der Waals surface area contributed by atoms with E-state index in [4.69, 9.17) is 14.8 Å². The summed E-state index contributed by atoms with van der Waals surface area (Å²) in [7, 11) is 0. The van der Waals surface area contributed by atoms with Crippen LogP contribution in [-0.4, -0.2) is 36.5 Å². The smallest absolute Gasteiger partial charge is 0.337 e. The number of hydrogen-bond donors (Lipinski definition) is 3. The van der Waals surface area contributed by atoms with Crippen LogP contribution in [0, 0.1) is 0 Å². The monoisotopic (exact) mass is 212 g/mol. The molecular formula is C5H8O7S. The van der Waals surface area contributed by atoms with Crippen molar-refractivity contribution >= 4 is 23.3 Å². The summed E-state index contributed by atoms with van der Waals surface area (Å²) < 4.78 is 22.4. The van der Waals surface area contributed by atoms with Crippen LogP contribution in [0.5, 0.6) is 0 Å². The Morgan fingerprint density at radius 2 is 1.92 bits per heavy atom. The molecule has 0 aliphatic carbocycles. The van der Waals surface area contributed by atoms with Gasteiger partial charge in [0, 0.05) is 0 Å². The van der Waals surface area contributed by atoms with Crippen molar-refractivity contribution in [2.24, 2.45) is 0 Å². The first-order valence-electron chi connectivity index (χ1n) is 3.03. The Balaban J connectivity index is 4.62. The van der Waals surface area contributed by atoms with E-state index in [1.165, 1.54) is 0 Å². The standard InChI is InChI=1S/C5H8O7S/c1-5(4(8)9,2-3(6)7)12-13(10)11/h2H2,1H3,(H,6,7)(H,8,9)(H,10,11). The van der Waals surface area contributed by atoms with Gasteiger partial charge in [0.15, 0.2) is 5.60 Å². The molecule has 0 aromatic heterocycles. The highest BCUT2D eigenvalue weighted by molar-refractivity contribution is 7.74. The van der Waals surface area contributed by atoms with Crippen LogP contribution in [0.15, 0.2) is 0 Å². The predicted molar refractivity (Wildman–Crippen MR) is 40.1 cm³/mol. The van der Waals surface area contributed by atoms with E-state index in [1.54, 1.807) is 0 Å². The maximum Gasteiger partial charge on any atom is 0.337 e. The Hall–Kier alpha value is -0.990. The molecule has 0 aliphatic heterocycles. The van der Waals surface area contributed by atoms with E-state index in [-0.39, 0.29) is 0 Å². The SMILES string of the molecule is CC(CC(=O)O)(OS(=O)O)C(=O)O. The lowest BCUT2D eigenvalue weighted by Crippen LogP contribution is -2.41. The lowest BCUT2D eigenvalue weighted by atomic mass is 10.0. The second-order valence-corrected chi connectivity index (χ2v) is 3.01. The third kappa shape index (κ3) is 3.97. The maximum atomic E-state index is 10.5. The predicted octanol–water partition coefficient (Wildman–Crippen LogP) is -0.542. The second-order valence-electron chi connectivity index (χ2n) is 2.41. The van der Waals surface area contributed by atoms with E-state index in [1.807, 2.05) is 0 Å². The molecule has 0 radical (unpaired) electrons. The highest BCUT2D eigenvalue weighted by Crippen LogP contribution is 2.16. The minimum atomic E-state index is -2.82. The van der Waals surface area contributed by atoms with Crippen LogP contribution in [0.25, 0.3) is 0 Å². The van der Waals surface area contributed by atoms with Gasteiger partial charge in [-0.25, -0.2) is 8.98 Å². The molecule has 0 heterocycles. The minimum Gasteiger partial charge on any atom is -0.481 e. The molecule has 2 atom stereocenters. The first-order valence-corrected chi connectivity index (χ1v) is 4.06. The maximum absolute atomic E-state index is 10.5. The van der Waals surface area contributed by atoms with Crippen molar-refractivity contribution in [2.75, 3.05) is 0 Å². The molecule has 3 N–H and O–H groups in total. The average Bonchev–Trinajstić information content (AvgIpc) is 1.82. The fourth-order valence-corrected chi connectivity index (χ4v) is 1.03. The van der Waals surface area contributed by atoms with Crippen LogP contribution >= 0.6 is 0 Å². The zero-order valence-corrected chi connectivity index (χ0v) is 7.41. The van der Waals surface area contributed by atoms with Crippen molar-refractivity contribution < 1.29 is 32.7 Å². The zero-order valence-electron chi connectivity index (χ0n) is 6.59. The summed E-state index contributed by atoms with van der Waals surface area (Å²) in [6.45, 7) is 0.900. The van der Waals surface area contributed by atoms with Crippen molar-refractivity contribution in [2.45, 2.75) is 18.9 Å². The Morgan fingerprint density at radius 1 is 1.46 bits per heavy atom. The van der Waals surface area contributed by atoms with Crippen LogP contribution in [0.4, 0.5) is 0 Å². The van der Waals surface area contributed by atoms with Crippen LogP contribution in [0.3, 0.4) is 0 Å². The average molecular weight is 212 g/mol. The summed E-state index contributed by atoms with van der Waals surface area (Å²) in [5, 5.41) is 16.8. The van der Waals surface area contributed by atoms with Crippen molar-refractivity contribution in [3.05, 3.63) is 0 Å². The molecular weight excluding hydrogens is 204 g/mol. The molecule has 0 saturated carbocycles. The molecule has 2 unspecified atom stereocenters. The molecule has 0 rings (SSSR count). The van der Waals surface area contributed by atoms with Crippen molar-refractivity contribution in [1.29, 1.82) is 0 Å². The number of carbonyl (C=O) groups is 2. The molecule has 0 amide bonds. The Kier molecular flexibility index (Phi) is 3.98. The summed E-state index contributed by atoms with van der Waals surface area (Å²) >= 11 is -2.82. The zero-order chi connectivity index (χ0) is 10.6. The Bertz CT molecular complexity index is 231. The van der Waals surface area contributed by atoms with E-state index in [2.05, 4.69) is 4.18 Å². The van der Waals surface area contributed by atoms with Gasteiger partial charge in [0.25, 0.3) is 0 Å². The van der Waals surface area contributed by atoms with Gasteiger partial charge in [-0.15, -0.1) is 0 Å². The van der Waals surface area contributed by atoms with Crippen LogP contribution in [-0.2, 0) is 25.1 Å². The Morgan fingerprint density at radius 3 is 2.15 bits per heavy atom. The van der Waals surface area contributed by atoms with Gasteiger partial charge in [-0.1, -0.05) is 0 Å². The van der Waals surface area contributed by atoms with Crippen molar-refractivity contribution in [3.8, 4) is 0 Å². The fraction of sp³-hybridized carbons (Fsp3) is 0.600. The van der Waals surface area contributed by atoms with E-state index in [0.29, 0.717) is 0 Å². The van der Waals surface area contributed by atoms with Gasteiger partial charge < -0.3 is 10.2 Å². The summed E-state index contributed by atoms with van der Waals surface area (Å²) in [4.78, 5) is 20.6. The molecule has 0 aromatic carbocycles. The normalized spacial score (nSPS) is 17.4. The molecule has 0 spiro atoms. The minimum absolute atomic E-state index is 0.894. The Labute approximate surface area is 75.8 Å². The molecule has 8 heteroatoms. The number of carboxylic acid groups (broad SMARTS) is 2. The first-order chi connectivity index (χ1) is 5.78. The molecule has 13 heavy (non-hydrogen) atoms. The largest absolute Gasteiger partial charge is 0.481 e. The number of carboxylic acids is 2. The third-order valence-corrected chi connectivity index (χ3v) is 1.71. The molecule has 0 saturated heterocycles. The van der Waals surface area contributed by atoms with Gasteiger partial charge in [-0.2, -0.15) is 4.21 Å². The summed E-state index contributed by atoms with van der Waals surface area (Å²) in [5.74, 6) is -3.05. The van der Waals surface area contributed by atoms with Crippen molar-refractivity contribution in [1.82, 2.24) is 0 Å². The molecule has 0 aliphatic rings. The number of hydrogen-bond acceptors (Lipinski definition) is 4. The topological polar surface area (TPSA) is 121 Å². The van der Waals surface area contributed by atoms with Crippen LogP contribution < -0.4 is 0 Å². The van der Waals surface area contributed by atoms with E-state index in [0.717, 1.165) is 6.92 Å². The summed E-state index contributed by atoms with van der Waals surface area (Å²) in [5.41, 5.74) is -2.19. The third-order valence-electron chi connectivity index (χ3n) is 1.20. The van der Waals surface area contributed by atoms with Gasteiger partial charge in [-0.05, 0) is 6.92 Å². The number of rotatable bonds is 5. The van der Waals surface area contributed by atoms with Crippen LogP contribution in [0.2, 0.25) is 0 Å². The molecule has 0 bridgehead atoms. The van der Waals surface area contributed by atoms with Gasteiger partial charge in [0.1, 0.15) is 0 Å². The van der Waals surface area contributed by atoms with Crippen LogP contribution in [0.1, 0.15) is 13.3 Å². The highest BCUT2D eigenvalue weighted by atomic mass is 32.2. The van der Waals surface area contributed by atoms with Gasteiger partial charge in [-0.3, -0.25) is 9.35 Å². The summed E-state index contributed by atoms with van der Waals surface area (Å²) in [6.07, 6.45) is -0.894. The molecule has 7 nitrogen and oxygen atoms in total. The van der Waals surface area contributed by atoms with Gasteiger partial charge in [0.2, 0.25) is 0 Å². The molecule has 76 valence electrons. The molecule has 0 aromatic rings. The first kappa shape index (κ1) is 12.0. The van der Waals surface area contributed by atoms with Gasteiger partial charge >= 0.3 is 23.3 Å². The summed E-state index contributed by atoms with van der Waals surface area (Å²) in [6, 6.07) is 0. The van der Waals surface area contributed by atoms with Crippen molar-refractivity contribution in [3.63, 3.8) is 0 Å². The molecule has 0 fully saturated rings. The van der Waals surface area contributed by atoms with Gasteiger partial charge in [0.05, 0.1) is 6.42 Å². The van der Waals surface area contributed by atoms with E-state index < -0.39 is 35.3 Å². The second kappa shape index (κ2) is 4.30. The lowest BCUT2D eigenvalue weighted by Gasteiger charge is -2.19. The van der Waals surface area contributed by atoms with E-state index >= 15 is 0 Å². The van der Waals surface area contributed by atoms with E-state index in [9.17, 15) is 13.8 Å². The fourth-order valence-electron chi connectivity index (χ4n) is 0.587. The lowest BCUT2D eigenvalue weighted by molar-refractivity contribution is -0.160.